The maximum Gasteiger partial charge on any atom is 0.270 e. The molecule has 1 aliphatic carbocycles. The van der Waals surface area contributed by atoms with Crippen LogP contribution in [0.3, 0.4) is 0 Å². The van der Waals surface area contributed by atoms with E-state index in [4.69, 9.17) is 0 Å². The molecule has 4 nitrogen and oxygen atoms in total. The van der Waals surface area contributed by atoms with Gasteiger partial charge in [-0.2, -0.15) is 0 Å². The molecule has 0 radical (unpaired) electrons. The zero-order valence-corrected chi connectivity index (χ0v) is 13.5. The van der Waals surface area contributed by atoms with Crippen LogP contribution in [-0.4, -0.2) is 16.9 Å². The largest absolute Gasteiger partial charge is 0.381 e. The van der Waals surface area contributed by atoms with Crippen molar-refractivity contribution in [3.63, 3.8) is 0 Å². The van der Waals surface area contributed by atoms with E-state index in [0.717, 1.165) is 11.3 Å². The molecule has 0 spiro atoms. The second-order valence-electron chi connectivity index (χ2n) is 6.17. The maximum atomic E-state index is 12.2. The fraction of sp³-hybridized carbons (Fsp3) is 0.368. The molecule has 2 N–H and O–H groups in total. The molecule has 1 amide bonds. The Bertz CT molecular complexity index is 661. The summed E-state index contributed by atoms with van der Waals surface area (Å²) >= 11 is 0. The van der Waals surface area contributed by atoms with Gasteiger partial charge in [-0.3, -0.25) is 4.79 Å². The summed E-state index contributed by atoms with van der Waals surface area (Å²) in [5.41, 5.74) is 3.75. The molecule has 2 aromatic rings. The minimum absolute atomic E-state index is 0.138. The standard InChI is InChI=1S/C19H23N3O/c1-14-6-2-3-7-15(14)12-21-19(23)18-11-10-17(13-20-18)22-16-8-4-5-9-16/h2-3,6-7,10-11,13,16,22H,4-5,8-9,12H2,1H3,(H,21,23). The number of hydrogen-bond acceptors (Lipinski definition) is 3. The SMILES string of the molecule is Cc1ccccc1CNC(=O)c1ccc(NC2CCCC2)cn1. The molecule has 0 aliphatic heterocycles. The van der Waals surface area contributed by atoms with Crippen molar-refractivity contribution in [3.8, 4) is 0 Å². The molecule has 0 saturated heterocycles. The van der Waals surface area contributed by atoms with Crippen LogP contribution in [0.25, 0.3) is 0 Å². The first-order valence-electron chi connectivity index (χ1n) is 8.27. The molecular formula is C19H23N3O. The number of benzene rings is 1. The number of nitrogens with one attached hydrogen (secondary N) is 2. The van der Waals surface area contributed by atoms with Gasteiger partial charge in [0.05, 0.1) is 11.9 Å². The molecule has 0 unspecified atom stereocenters. The number of aromatic nitrogens is 1. The molecule has 23 heavy (non-hydrogen) atoms. The molecule has 1 saturated carbocycles. The number of amides is 1. The smallest absolute Gasteiger partial charge is 0.270 e. The predicted octanol–water partition coefficient (Wildman–Crippen LogP) is 3.67. The summed E-state index contributed by atoms with van der Waals surface area (Å²) in [6.07, 6.45) is 6.79. The number of nitrogens with zero attached hydrogens (tertiary/aromatic N) is 1. The van der Waals surface area contributed by atoms with E-state index in [0.29, 0.717) is 18.3 Å². The monoisotopic (exact) mass is 309 g/mol. The molecule has 1 heterocycles. The van der Waals surface area contributed by atoms with Crippen LogP contribution >= 0.6 is 0 Å². The van der Waals surface area contributed by atoms with Crippen molar-refractivity contribution < 1.29 is 4.79 Å². The van der Waals surface area contributed by atoms with Crippen molar-refractivity contribution in [1.29, 1.82) is 0 Å². The molecule has 120 valence electrons. The summed E-state index contributed by atoms with van der Waals surface area (Å²) in [5.74, 6) is -0.138. The van der Waals surface area contributed by atoms with Gasteiger partial charge in [-0.25, -0.2) is 4.98 Å². The summed E-state index contributed by atoms with van der Waals surface area (Å²) in [7, 11) is 0. The summed E-state index contributed by atoms with van der Waals surface area (Å²) in [6.45, 7) is 2.57. The van der Waals surface area contributed by atoms with Crippen LogP contribution < -0.4 is 10.6 Å². The molecular weight excluding hydrogens is 286 g/mol. The van der Waals surface area contributed by atoms with Crippen LogP contribution in [0.1, 0.15) is 47.3 Å². The summed E-state index contributed by atoms with van der Waals surface area (Å²) < 4.78 is 0. The number of pyridine rings is 1. The molecule has 1 aromatic carbocycles. The van der Waals surface area contributed by atoms with E-state index >= 15 is 0 Å². The fourth-order valence-corrected chi connectivity index (χ4v) is 2.99. The van der Waals surface area contributed by atoms with Crippen LogP contribution in [0.4, 0.5) is 5.69 Å². The average molecular weight is 309 g/mol. The van der Waals surface area contributed by atoms with Gasteiger partial charge in [0.1, 0.15) is 5.69 Å². The number of anilines is 1. The minimum Gasteiger partial charge on any atom is -0.381 e. The first-order valence-corrected chi connectivity index (χ1v) is 8.27. The number of carbonyl (C=O) groups excluding carboxylic acids is 1. The highest BCUT2D eigenvalue weighted by molar-refractivity contribution is 5.92. The molecule has 4 heteroatoms. The summed E-state index contributed by atoms with van der Waals surface area (Å²) in [5, 5.41) is 6.40. The second kappa shape index (κ2) is 7.27. The van der Waals surface area contributed by atoms with Gasteiger partial charge in [0.15, 0.2) is 0 Å². The molecule has 0 bridgehead atoms. The van der Waals surface area contributed by atoms with Crippen LogP contribution in [0.15, 0.2) is 42.6 Å². The van der Waals surface area contributed by atoms with Gasteiger partial charge in [0.2, 0.25) is 0 Å². The zero-order valence-electron chi connectivity index (χ0n) is 13.5. The van der Waals surface area contributed by atoms with E-state index in [-0.39, 0.29) is 5.91 Å². The Morgan fingerprint density at radius 3 is 2.65 bits per heavy atom. The number of hydrogen-bond donors (Lipinski definition) is 2. The Morgan fingerprint density at radius 1 is 1.17 bits per heavy atom. The molecule has 0 atom stereocenters. The normalized spacial score (nSPS) is 14.7. The number of aryl methyl sites for hydroxylation is 1. The Labute approximate surface area is 137 Å². The third-order valence-corrected chi connectivity index (χ3v) is 4.42. The lowest BCUT2D eigenvalue weighted by atomic mass is 10.1. The lowest BCUT2D eigenvalue weighted by molar-refractivity contribution is 0.0946. The van der Waals surface area contributed by atoms with Crippen molar-refractivity contribution in [2.24, 2.45) is 0 Å². The quantitative estimate of drug-likeness (QED) is 0.886. The van der Waals surface area contributed by atoms with Crippen molar-refractivity contribution >= 4 is 11.6 Å². The summed E-state index contributed by atoms with van der Waals surface area (Å²) in [4.78, 5) is 16.5. The number of rotatable bonds is 5. The van der Waals surface area contributed by atoms with Crippen molar-refractivity contribution in [1.82, 2.24) is 10.3 Å². The zero-order chi connectivity index (χ0) is 16.1. The maximum absolute atomic E-state index is 12.2. The minimum atomic E-state index is -0.138. The first-order chi connectivity index (χ1) is 11.2. The van der Waals surface area contributed by atoms with E-state index in [9.17, 15) is 4.79 Å². The van der Waals surface area contributed by atoms with Crippen molar-refractivity contribution in [2.45, 2.75) is 45.2 Å². The van der Waals surface area contributed by atoms with Gasteiger partial charge < -0.3 is 10.6 Å². The van der Waals surface area contributed by atoms with E-state index in [1.165, 1.54) is 31.2 Å². The van der Waals surface area contributed by atoms with E-state index in [1.807, 2.05) is 37.3 Å². The van der Waals surface area contributed by atoms with Crippen molar-refractivity contribution in [2.75, 3.05) is 5.32 Å². The highest BCUT2D eigenvalue weighted by atomic mass is 16.1. The third-order valence-electron chi connectivity index (χ3n) is 4.42. The Morgan fingerprint density at radius 2 is 1.96 bits per heavy atom. The Balaban J connectivity index is 1.56. The van der Waals surface area contributed by atoms with Crippen LogP contribution in [0, 0.1) is 6.92 Å². The van der Waals surface area contributed by atoms with Gasteiger partial charge in [-0.1, -0.05) is 37.1 Å². The molecule has 1 aromatic heterocycles. The highest BCUT2D eigenvalue weighted by Crippen LogP contribution is 2.21. The first kappa shape index (κ1) is 15.5. The van der Waals surface area contributed by atoms with Crippen LogP contribution in [0.2, 0.25) is 0 Å². The van der Waals surface area contributed by atoms with Gasteiger partial charge in [-0.15, -0.1) is 0 Å². The topological polar surface area (TPSA) is 54.0 Å². The average Bonchev–Trinajstić information content (AvgIpc) is 3.07. The lowest BCUT2D eigenvalue weighted by Gasteiger charge is -2.13. The lowest BCUT2D eigenvalue weighted by Crippen LogP contribution is -2.24. The van der Waals surface area contributed by atoms with Crippen LogP contribution in [0.5, 0.6) is 0 Å². The second-order valence-corrected chi connectivity index (χ2v) is 6.17. The fourth-order valence-electron chi connectivity index (χ4n) is 2.99. The van der Waals surface area contributed by atoms with Gasteiger partial charge in [0.25, 0.3) is 5.91 Å². The van der Waals surface area contributed by atoms with Gasteiger partial charge in [-0.05, 0) is 43.0 Å². The highest BCUT2D eigenvalue weighted by Gasteiger charge is 2.15. The van der Waals surface area contributed by atoms with E-state index < -0.39 is 0 Å². The Kier molecular flexibility index (Phi) is 4.91. The van der Waals surface area contributed by atoms with Gasteiger partial charge >= 0.3 is 0 Å². The van der Waals surface area contributed by atoms with Gasteiger partial charge in [0, 0.05) is 12.6 Å². The Hall–Kier alpha value is -2.36. The van der Waals surface area contributed by atoms with Crippen molar-refractivity contribution in [3.05, 3.63) is 59.4 Å². The van der Waals surface area contributed by atoms with Crippen LogP contribution in [-0.2, 0) is 6.54 Å². The molecule has 3 rings (SSSR count). The predicted molar refractivity (Wildman–Crippen MR) is 92.5 cm³/mol. The third kappa shape index (κ3) is 4.09. The molecule has 1 aliphatic rings. The molecule has 1 fully saturated rings. The van der Waals surface area contributed by atoms with E-state index in [2.05, 4.69) is 15.6 Å². The van der Waals surface area contributed by atoms with E-state index in [1.54, 1.807) is 12.3 Å². The number of carbonyl (C=O) groups is 1. The summed E-state index contributed by atoms with van der Waals surface area (Å²) in [6, 6.07) is 12.3.